The number of carboxylic acids is 1. The van der Waals surface area contributed by atoms with Gasteiger partial charge >= 0.3 is 5.97 Å². The van der Waals surface area contributed by atoms with E-state index < -0.39 is 11.9 Å². The molecule has 0 unspecified atom stereocenters. The van der Waals surface area contributed by atoms with Crippen LogP contribution in [0, 0.1) is 6.92 Å². The molecule has 92 valence electrons. The van der Waals surface area contributed by atoms with Crippen LogP contribution in [-0.2, 0) is 0 Å². The molecule has 1 aromatic heterocycles. The van der Waals surface area contributed by atoms with Crippen LogP contribution in [0.25, 0.3) is 0 Å². The minimum Gasteiger partial charge on any atom is -0.476 e. The van der Waals surface area contributed by atoms with Crippen LogP contribution < -0.4 is 5.32 Å². The van der Waals surface area contributed by atoms with Crippen LogP contribution in [0.3, 0.4) is 0 Å². The van der Waals surface area contributed by atoms with E-state index in [0.29, 0.717) is 5.69 Å². The maximum Gasteiger partial charge on any atom is 0.355 e. The fraction of sp³-hybridized carbons (Fsp3) is 0.0833. The van der Waals surface area contributed by atoms with Gasteiger partial charge in [-0.25, -0.2) is 9.78 Å². The Morgan fingerprint density at radius 2 is 2.17 bits per heavy atom. The molecule has 0 atom stereocenters. The molecule has 18 heavy (non-hydrogen) atoms. The minimum absolute atomic E-state index is 0.116. The summed E-state index contributed by atoms with van der Waals surface area (Å²) in [5.74, 6) is -1.54. The third kappa shape index (κ3) is 2.72. The molecule has 0 radical (unpaired) electrons. The number of carboxylic acid groups (broad SMARTS) is 1. The van der Waals surface area contributed by atoms with Gasteiger partial charge in [-0.05, 0) is 24.6 Å². The second-order valence-electron chi connectivity index (χ2n) is 3.67. The molecule has 0 aliphatic rings. The molecule has 0 saturated carbocycles. The quantitative estimate of drug-likeness (QED) is 0.890. The number of hydrogen-bond acceptors (Lipinski definition) is 4. The topological polar surface area (TPSA) is 79.3 Å². The number of aromatic nitrogens is 1. The lowest BCUT2D eigenvalue weighted by Crippen LogP contribution is -2.12. The molecule has 5 nitrogen and oxygen atoms in total. The van der Waals surface area contributed by atoms with Crippen LogP contribution in [-0.4, -0.2) is 22.0 Å². The molecule has 2 aromatic rings. The van der Waals surface area contributed by atoms with Gasteiger partial charge in [0.05, 0.1) is 0 Å². The van der Waals surface area contributed by atoms with Crippen molar-refractivity contribution in [1.29, 1.82) is 0 Å². The van der Waals surface area contributed by atoms with Crippen molar-refractivity contribution in [2.75, 3.05) is 5.32 Å². The number of carbonyl (C=O) groups excluding carboxylic acids is 1. The Bertz CT molecular complexity index is 607. The predicted molar refractivity (Wildman–Crippen MR) is 68.2 cm³/mol. The molecule has 1 heterocycles. The van der Waals surface area contributed by atoms with E-state index in [1.165, 1.54) is 5.38 Å². The summed E-state index contributed by atoms with van der Waals surface area (Å²) >= 11 is 1.01. The first-order valence-corrected chi connectivity index (χ1v) is 6.01. The number of aryl methyl sites for hydroxylation is 1. The predicted octanol–water partition coefficient (Wildman–Crippen LogP) is 2.40. The Labute approximate surface area is 107 Å². The van der Waals surface area contributed by atoms with E-state index in [4.69, 9.17) is 5.11 Å². The molecule has 2 rings (SSSR count). The lowest BCUT2D eigenvalue weighted by atomic mass is 10.2. The van der Waals surface area contributed by atoms with Gasteiger partial charge in [0.15, 0.2) is 10.7 Å². The average Bonchev–Trinajstić information content (AvgIpc) is 2.78. The van der Waals surface area contributed by atoms with Gasteiger partial charge in [0, 0.05) is 11.1 Å². The molecule has 1 amide bonds. The lowest BCUT2D eigenvalue weighted by Gasteiger charge is -2.03. The highest BCUT2D eigenvalue weighted by atomic mass is 32.1. The molecular weight excluding hydrogens is 252 g/mol. The zero-order valence-corrected chi connectivity index (χ0v) is 10.3. The number of aromatic carboxylic acids is 1. The molecule has 0 fully saturated rings. The Morgan fingerprint density at radius 3 is 2.78 bits per heavy atom. The van der Waals surface area contributed by atoms with Gasteiger partial charge in [-0.15, -0.1) is 11.3 Å². The fourth-order valence-electron chi connectivity index (χ4n) is 1.38. The molecule has 6 heteroatoms. The number of amides is 1. The van der Waals surface area contributed by atoms with Crippen LogP contribution in [0.15, 0.2) is 29.6 Å². The van der Waals surface area contributed by atoms with E-state index in [1.807, 2.05) is 25.1 Å². The second-order valence-corrected chi connectivity index (χ2v) is 4.52. The first-order chi connectivity index (χ1) is 8.56. The number of anilines is 1. The molecule has 0 aliphatic heterocycles. The fourth-order valence-corrected chi connectivity index (χ4v) is 2.07. The van der Waals surface area contributed by atoms with Crippen molar-refractivity contribution in [3.8, 4) is 0 Å². The van der Waals surface area contributed by atoms with Gasteiger partial charge in [-0.3, -0.25) is 4.79 Å². The van der Waals surface area contributed by atoms with Gasteiger partial charge in [-0.1, -0.05) is 12.1 Å². The van der Waals surface area contributed by atoms with Crippen molar-refractivity contribution < 1.29 is 14.7 Å². The van der Waals surface area contributed by atoms with Crippen LogP contribution in [0.4, 0.5) is 5.69 Å². The summed E-state index contributed by atoms with van der Waals surface area (Å²) in [4.78, 5) is 26.2. The SMILES string of the molecule is Cc1cccc(NC(=O)c2nc(C(=O)O)cs2)c1. The van der Waals surface area contributed by atoms with Gasteiger partial charge in [-0.2, -0.15) is 0 Å². The van der Waals surface area contributed by atoms with Crippen LogP contribution in [0.1, 0.15) is 25.9 Å². The van der Waals surface area contributed by atoms with Crippen molar-refractivity contribution in [3.63, 3.8) is 0 Å². The van der Waals surface area contributed by atoms with Gasteiger partial charge in [0.2, 0.25) is 0 Å². The summed E-state index contributed by atoms with van der Waals surface area (Å²) in [6.07, 6.45) is 0. The second kappa shape index (κ2) is 4.97. The van der Waals surface area contributed by atoms with E-state index in [1.54, 1.807) is 6.07 Å². The molecule has 0 bridgehead atoms. The largest absolute Gasteiger partial charge is 0.476 e. The monoisotopic (exact) mass is 262 g/mol. The van der Waals surface area contributed by atoms with Crippen molar-refractivity contribution >= 4 is 28.9 Å². The minimum atomic E-state index is -1.14. The Morgan fingerprint density at radius 1 is 1.39 bits per heavy atom. The Hall–Kier alpha value is -2.21. The number of carbonyl (C=O) groups is 2. The summed E-state index contributed by atoms with van der Waals surface area (Å²) in [6.45, 7) is 1.92. The first kappa shape index (κ1) is 12.3. The summed E-state index contributed by atoms with van der Waals surface area (Å²) in [5.41, 5.74) is 1.57. The van der Waals surface area contributed by atoms with E-state index >= 15 is 0 Å². The van der Waals surface area contributed by atoms with Crippen LogP contribution in [0.2, 0.25) is 0 Å². The van der Waals surface area contributed by atoms with E-state index in [2.05, 4.69) is 10.3 Å². The van der Waals surface area contributed by atoms with Crippen molar-refractivity contribution in [2.24, 2.45) is 0 Å². The number of benzene rings is 1. The first-order valence-electron chi connectivity index (χ1n) is 5.13. The van der Waals surface area contributed by atoms with Gasteiger partial charge in [0.1, 0.15) is 0 Å². The maximum absolute atomic E-state index is 11.8. The van der Waals surface area contributed by atoms with Crippen molar-refractivity contribution in [2.45, 2.75) is 6.92 Å². The third-order valence-corrected chi connectivity index (χ3v) is 3.03. The molecular formula is C12H10N2O3S. The molecule has 0 aliphatic carbocycles. The number of hydrogen-bond donors (Lipinski definition) is 2. The lowest BCUT2D eigenvalue weighted by molar-refractivity contribution is 0.0691. The zero-order valence-electron chi connectivity index (χ0n) is 9.51. The molecule has 2 N–H and O–H groups in total. The highest BCUT2D eigenvalue weighted by Crippen LogP contribution is 2.14. The normalized spacial score (nSPS) is 10.1. The Balaban J connectivity index is 2.14. The molecule has 0 spiro atoms. The number of rotatable bonds is 3. The van der Waals surface area contributed by atoms with Crippen molar-refractivity contribution in [1.82, 2.24) is 4.98 Å². The van der Waals surface area contributed by atoms with Crippen LogP contribution in [0.5, 0.6) is 0 Å². The summed E-state index contributed by atoms with van der Waals surface area (Å²) in [7, 11) is 0. The van der Waals surface area contributed by atoms with E-state index in [-0.39, 0.29) is 10.7 Å². The van der Waals surface area contributed by atoms with Crippen molar-refractivity contribution in [3.05, 3.63) is 45.9 Å². The van der Waals surface area contributed by atoms with Crippen LogP contribution >= 0.6 is 11.3 Å². The van der Waals surface area contributed by atoms with E-state index in [9.17, 15) is 9.59 Å². The maximum atomic E-state index is 11.8. The third-order valence-electron chi connectivity index (χ3n) is 2.19. The Kier molecular flexibility index (Phi) is 3.38. The zero-order chi connectivity index (χ0) is 13.1. The van der Waals surface area contributed by atoms with E-state index in [0.717, 1.165) is 16.9 Å². The number of thiazole rings is 1. The van der Waals surface area contributed by atoms with Gasteiger partial charge in [0.25, 0.3) is 5.91 Å². The molecule has 0 saturated heterocycles. The average molecular weight is 262 g/mol. The number of nitrogens with zero attached hydrogens (tertiary/aromatic N) is 1. The number of nitrogens with one attached hydrogen (secondary N) is 1. The smallest absolute Gasteiger partial charge is 0.355 e. The highest BCUT2D eigenvalue weighted by molar-refractivity contribution is 7.12. The summed E-state index contributed by atoms with van der Waals surface area (Å²) in [5, 5.41) is 12.9. The summed E-state index contributed by atoms with van der Waals surface area (Å²) < 4.78 is 0. The highest BCUT2D eigenvalue weighted by Gasteiger charge is 2.14. The van der Waals surface area contributed by atoms with Gasteiger partial charge < -0.3 is 10.4 Å². The molecule has 1 aromatic carbocycles. The standard InChI is InChI=1S/C12H10N2O3S/c1-7-3-2-4-8(5-7)13-10(15)11-14-9(6-18-11)12(16)17/h2-6H,1H3,(H,13,15)(H,16,17). The summed E-state index contributed by atoms with van der Waals surface area (Å²) in [6, 6.07) is 7.33.